The lowest BCUT2D eigenvalue weighted by molar-refractivity contribution is -0.130. The van der Waals surface area contributed by atoms with Crippen molar-refractivity contribution in [2.24, 2.45) is 5.73 Å². The Bertz CT molecular complexity index is 1040. The molecule has 5 N–H and O–H groups in total. The lowest BCUT2D eigenvalue weighted by atomic mass is 9.94. The van der Waals surface area contributed by atoms with E-state index in [4.69, 9.17) is 10.9 Å². The van der Waals surface area contributed by atoms with E-state index < -0.39 is 20.5 Å². The molecule has 0 radical (unpaired) electrons. The van der Waals surface area contributed by atoms with Crippen molar-refractivity contribution in [1.29, 1.82) is 0 Å². The molecule has 0 unspecified atom stereocenters. The van der Waals surface area contributed by atoms with Gasteiger partial charge in [-0.2, -0.15) is 0 Å². The Hall–Kier alpha value is -1.98. The first kappa shape index (κ1) is 25.3. The monoisotopic (exact) mass is 487 g/mol. The maximum Gasteiger partial charge on any atom is 0.245 e. The van der Waals surface area contributed by atoms with Gasteiger partial charge in [0, 0.05) is 28.4 Å². The minimum atomic E-state index is -3.57. The van der Waals surface area contributed by atoms with Crippen LogP contribution in [0.5, 0.6) is 0 Å². The number of halogens is 1. The molecule has 8 nitrogen and oxygen atoms in total. The number of nitrogens with two attached hydrogens (primary N) is 1. The first-order valence-corrected chi connectivity index (χ1v) is 12.1. The van der Waals surface area contributed by atoms with Gasteiger partial charge in [0.25, 0.3) is 0 Å². The van der Waals surface area contributed by atoms with E-state index in [2.05, 4.69) is 5.32 Å². The molecule has 1 saturated heterocycles. The Morgan fingerprint density at radius 3 is 2.61 bits per heavy atom. The number of carbonyl (C=O) groups is 2. The van der Waals surface area contributed by atoms with Crippen LogP contribution in [-0.4, -0.2) is 37.7 Å². The largest absolute Gasteiger partial charge is 0.330 e. The number of hydroxylamine groups is 1. The maximum absolute atomic E-state index is 13.0. The van der Waals surface area contributed by atoms with Gasteiger partial charge in [0.2, 0.25) is 11.8 Å². The van der Waals surface area contributed by atoms with Crippen LogP contribution in [0.15, 0.2) is 36.4 Å². The highest BCUT2D eigenvalue weighted by Crippen LogP contribution is 2.47. The summed E-state index contributed by atoms with van der Waals surface area (Å²) in [7, 11) is -3.57. The number of hydrogen-bond acceptors (Lipinski definition) is 7. The smallest absolute Gasteiger partial charge is 0.245 e. The number of thiophene rings is 1. The zero-order valence-corrected chi connectivity index (χ0v) is 19.2. The van der Waals surface area contributed by atoms with Crippen LogP contribution >= 0.6 is 23.7 Å². The Kier molecular flexibility index (Phi) is 8.61. The lowest BCUT2D eigenvalue weighted by Crippen LogP contribution is -2.43. The third-order valence-corrected chi connectivity index (χ3v) is 9.32. The molecule has 11 heteroatoms. The molecule has 1 aromatic heterocycles. The molecule has 2 amide bonds. The van der Waals surface area contributed by atoms with Crippen molar-refractivity contribution in [1.82, 2.24) is 5.48 Å². The van der Waals surface area contributed by atoms with Crippen molar-refractivity contribution in [3.05, 3.63) is 41.3 Å². The fraction of sp³-hybridized carbons (Fsp3) is 0.400. The molecule has 1 fully saturated rings. The fourth-order valence-corrected chi connectivity index (χ4v) is 7.53. The molecule has 0 saturated carbocycles. The third-order valence-electron chi connectivity index (χ3n) is 5.27. The van der Waals surface area contributed by atoms with Gasteiger partial charge in [0.05, 0.1) is 12.2 Å². The van der Waals surface area contributed by atoms with Crippen LogP contribution in [0.2, 0.25) is 0 Å². The van der Waals surface area contributed by atoms with Crippen molar-refractivity contribution >= 4 is 51.1 Å². The molecule has 170 valence electrons. The molecule has 2 aromatic rings. The molecule has 1 aromatic carbocycles. The minimum absolute atomic E-state index is 0. The van der Waals surface area contributed by atoms with E-state index in [1.165, 1.54) is 11.3 Å². The van der Waals surface area contributed by atoms with E-state index in [-0.39, 0.29) is 43.5 Å². The molecule has 0 bridgehead atoms. The highest BCUT2D eigenvalue weighted by atomic mass is 35.5. The molecule has 31 heavy (non-hydrogen) atoms. The van der Waals surface area contributed by atoms with Crippen LogP contribution in [0.4, 0.5) is 5.69 Å². The third kappa shape index (κ3) is 5.45. The minimum Gasteiger partial charge on any atom is -0.330 e. The summed E-state index contributed by atoms with van der Waals surface area (Å²) in [4.78, 5) is 25.2. The topological polar surface area (TPSA) is 139 Å². The number of amides is 2. The van der Waals surface area contributed by atoms with Gasteiger partial charge in [-0.05, 0) is 42.7 Å². The van der Waals surface area contributed by atoms with Gasteiger partial charge in [-0.1, -0.05) is 18.6 Å². The van der Waals surface area contributed by atoms with Crippen LogP contribution < -0.4 is 16.5 Å². The number of carbonyl (C=O) groups excluding carboxylic acids is 2. The molecule has 2 heterocycles. The normalized spacial score (nSPS) is 19.8. The fourth-order valence-electron chi connectivity index (χ4n) is 3.76. The molecular formula is C20H26ClN3O5S2. The number of nitrogens with one attached hydrogen (secondary N) is 2. The van der Waals surface area contributed by atoms with Crippen LogP contribution in [0, 0.1) is 0 Å². The van der Waals surface area contributed by atoms with Gasteiger partial charge >= 0.3 is 0 Å². The quantitative estimate of drug-likeness (QED) is 0.350. The predicted molar refractivity (Wildman–Crippen MR) is 123 cm³/mol. The zero-order valence-electron chi connectivity index (χ0n) is 16.8. The Morgan fingerprint density at radius 2 is 1.94 bits per heavy atom. The number of hydrogen-bond donors (Lipinski definition) is 4. The zero-order chi connectivity index (χ0) is 21.8. The molecule has 0 aliphatic carbocycles. The highest BCUT2D eigenvalue weighted by Gasteiger charge is 2.49. The summed E-state index contributed by atoms with van der Waals surface area (Å²) in [5, 5.41) is 11.8. The van der Waals surface area contributed by atoms with Crippen LogP contribution in [0.25, 0.3) is 10.4 Å². The summed E-state index contributed by atoms with van der Waals surface area (Å²) in [5.74, 6) is -0.884. The number of sulfone groups is 1. The molecule has 0 spiro atoms. The van der Waals surface area contributed by atoms with Gasteiger partial charge in [0.1, 0.15) is 4.75 Å². The molecule has 3 rings (SSSR count). The van der Waals surface area contributed by atoms with E-state index in [1.54, 1.807) is 23.7 Å². The number of benzene rings is 1. The summed E-state index contributed by atoms with van der Waals surface area (Å²) in [6.07, 6.45) is 1.49. The van der Waals surface area contributed by atoms with Gasteiger partial charge in [0.15, 0.2) is 9.84 Å². The Balaban J connectivity index is 0.00000341. The summed E-state index contributed by atoms with van der Waals surface area (Å²) >= 11 is 1.31. The summed E-state index contributed by atoms with van der Waals surface area (Å²) in [6, 6.07) is 10.8. The average Bonchev–Trinajstić information content (AvgIpc) is 3.20. The average molecular weight is 488 g/mol. The number of anilines is 1. The van der Waals surface area contributed by atoms with Gasteiger partial charge in [-0.25, -0.2) is 13.9 Å². The number of rotatable bonds is 7. The molecule has 1 atom stereocenters. The second kappa shape index (κ2) is 10.6. The van der Waals surface area contributed by atoms with E-state index >= 15 is 0 Å². The van der Waals surface area contributed by atoms with Gasteiger partial charge < -0.3 is 11.1 Å². The second-order valence-corrected chi connectivity index (χ2v) is 10.8. The van der Waals surface area contributed by atoms with Crippen molar-refractivity contribution < 1.29 is 23.2 Å². The van der Waals surface area contributed by atoms with Crippen molar-refractivity contribution in [2.45, 2.75) is 36.9 Å². The summed E-state index contributed by atoms with van der Waals surface area (Å²) in [5.41, 5.74) is 8.43. The highest BCUT2D eigenvalue weighted by molar-refractivity contribution is 7.92. The lowest BCUT2D eigenvalue weighted by Gasteiger charge is -2.35. The van der Waals surface area contributed by atoms with Gasteiger partial charge in [-0.15, -0.1) is 23.7 Å². The van der Waals surface area contributed by atoms with E-state index in [9.17, 15) is 18.0 Å². The van der Waals surface area contributed by atoms with Crippen LogP contribution in [0.3, 0.4) is 0 Å². The van der Waals surface area contributed by atoms with E-state index in [0.29, 0.717) is 29.8 Å². The van der Waals surface area contributed by atoms with Crippen molar-refractivity contribution in [3.8, 4) is 10.4 Å². The SMILES string of the molecule is Cl.NCCC(=O)Nc1cccc(-c2ccc([C@@]3(CC(=O)NO)CCCCS3(=O)=O)s2)c1. The van der Waals surface area contributed by atoms with Gasteiger partial charge in [-0.3, -0.25) is 14.8 Å². The van der Waals surface area contributed by atoms with E-state index in [1.807, 2.05) is 18.2 Å². The second-order valence-electron chi connectivity index (χ2n) is 7.31. The molecule has 1 aliphatic rings. The summed E-state index contributed by atoms with van der Waals surface area (Å²) < 4.78 is 24.7. The van der Waals surface area contributed by atoms with Crippen molar-refractivity contribution in [3.63, 3.8) is 0 Å². The predicted octanol–water partition coefficient (Wildman–Crippen LogP) is 2.81. The maximum atomic E-state index is 13.0. The Morgan fingerprint density at radius 1 is 1.16 bits per heavy atom. The van der Waals surface area contributed by atoms with Crippen molar-refractivity contribution in [2.75, 3.05) is 17.6 Å². The first-order valence-electron chi connectivity index (χ1n) is 9.67. The standard InChI is InChI=1S/C20H25N3O5S2.ClH/c21-10-8-18(24)22-15-5-3-4-14(12-15)16-6-7-17(29-16)20(13-19(25)23-26)9-1-2-11-30(20,27)28;/h3-7,12,26H,1-2,8-11,13,21H2,(H,22,24)(H,23,25);1H/t20-;/m0./s1. The van der Waals surface area contributed by atoms with Crippen LogP contribution in [0.1, 0.15) is 37.0 Å². The van der Waals surface area contributed by atoms with E-state index in [0.717, 1.165) is 10.4 Å². The van der Waals surface area contributed by atoms with Crippen LogP contribution in [-0.2, 0) is 24.2 Å². The Labute approximate surface area is 191 Å². The molecular weight excluding hydrogens is 462 g/mol. The summed E-state index contributed by atoms with van der Waals surface area (Å²) in [6.45, 7) is 0.262. The first-order chi connectivity index (χ1) is 14.3. The molecule has 1 aliphatic heterocycles.